The third-order valence-electron chi connectivity index (χ3n) is 3.30. The third kappa shape index (κ3) is 3.82. The van der Waals surface area contributed by atoms with E-state index in [-0.39, 0.29) is 5.91 Å². The van der Waals surface area contributed by atoms with Gasteiger partial charge in [-0.15, -0.1) is 0 Å². The largest absolute Gasteiger partial charge is 0.326 e. The van der Waals surface area contributed by atoms with Gasteiger partial charge in [0.1, 0.15) is 0 Å². The molecule has 1 aliphatic heterocycles. The van der Waals surface area contributed by atoms with Crippen molar-refractivity contribution in [1.82, 2.24) is 5.32 Å². The van der Waals surface area contributed by atoms with E-state index in [0.29, 0.717) is 12.5 Å². The summed E-state index contributed by atoms with van der Waals surface area (Å²) in [5, 5.41) is 6.33. The van der Waals surface area contributed by atoms with Crippen LogP contribution in [-0.2, 0) is 4.79 Å². The smallest absolute Gasteiger partial charge is 0.225 e. The Morgan fingerprint density at radius 1 is 1.50 bits per heavy atom. The lowest BCUT2D eigenvalue weighted by Gasteiger charge is -2.22. The lowest BCUT2D eigenvalue weighted by molar-refractivity contribution is -0.116. The van der Waals surface area contributed by atoms with E-state index in [1.54, 1.807) is 0 Å². The minimum absolute atomic E-state index is 0.0881. The fraction of sp³-hybridized carbons (Fsp3) is 0.500. The predicted octanol–water partition coefficient (Wildman–Crippen LogP) is 3.23. The molecule has 1 saturated heterocycles. The molecule has 0 saturated carbocycles. The topological polar surface area (TPSA) is 41.1 Å². The van der Waals surface area contributed by atoms with Gasteiger partial charge in [-0.25, -0.2) is 0 Å². The van der Waals surface area contributed by atoms with Gasteiger partial charge in [0, 0.05) is 22.6 Å². The maximum absolute atomic E-state index is 11.9. The number of hydrogen-bond donors (Lipinski definition) is 2. The number of carbonyl (C=O) groups excluding carboxylic acids is 1. The summed E-state index contributed by atoms with van der Waals surface area (Å²) in [6.07, 6.45) is 4.11. The zero-order valence-electron chi connectivity index (χ0n) is 10.6. The Labute approximate surface area is 116 Å². The first-order valence-corrected chi connectivity index (χ1v) is 7.24. The normalized spacial score (nSPS) is 19.6. The van der Waals surface area contributed by atoms with Crippen LogP contribution in [0.15, 0.2) is 22.7 Å². The van der Waals surface area contributed by atoms with Gasteiger partial charge in [0.25, 0.3) is 0 Å². The number of amides is 1. The second kappa shape index (κ2) is 6.34. The first-order chi connectivity index (χ1) is 8.65. The van der Waals surface area contributed by atoms with Crippen LogP contribution in [0.5, 0.6) is 0 Å². The number of aryl methyl sites for hydroxylation is 1. The van der Waals surface area contributed by atoms with Gasteiger partial charge in [-0.05, 0) is 44.0 Å². The Bertz CT molecular complexity index is 428. The van der Waals surface area contributed by atoms with Crippen LogP contribution in [0.25, 0.3) is 0 Å². The molecule has 0 aliphatic carbocycles. The van der Waals surface area contributed by atoms with Crippen molar-refractivity contribution in [3.05, 3.63) is 28.2 Å². The van der Waals surface area contributed by atoms with Gasteiger partial charge < -0.3 is 10.6 Å². The molecule has 1 aliphatic rings. The van der Waals surface area contributed by atoms with Crippen molar-refractivity contribution < 1.29 is 4.79 Å². The van der Waals surface area contributed by atoms with Crippen LogP contribution in [0.4, 0.5) is 5.69 Å². The Morgan fingerprint density at radius 2 is 2.33 bits per heavy atom. The number of halogens is 1. The Kier molecular flexibility index (Phi) is 4.78. The monoisotopic (exact) mass is 310 g/mol. The first-order valence-electron chi connectivity index (χ1n) is 6.44. The van der Waals surface area contributed by atoms with E-state index < -0.39 is 0 Å². The van der Waals surface area contributed by atoms with Gasteiger partial charge in [-0.2, -0.15) is 0 Å². The predicted molar refractivity (Wildman–Crippen MR) is 77.8 cm³/mol. The third-order valence-corrected chi connectivity index (χ3v) is 4.15. The van der Waals surface area contributed by atoms with E-state index in [2.05, 4.69) is 26.6 Å². The summed E-state index contributed by atoms with van der Waals surface area (Å²) in [6, 6.07) is 6.22. The van der Waals surface area contributed by atoms with Gasteiger partial charge in [-0.1, -0.05) is 28.4 Å². The zero-order chi connectivity index (χ0) is 13.0. The minimum atomic E-state index is 0.0881. The highest BCUT2D eigenvalue weighted by Gasteiger charge is 2.16. The number of piperidine rings is 1. The van der Waals surface area contributed by atoms with Gasteiger partial charge in [0.05, 0.1) is 0 Å². The fourth-order valence-electron chi connectivity index (χ4n) is 2.20. The van der Waals surface area contributed by atoms with Crippen molar-refractivity contribution in [3.63, 3.8) is 0 Å². The minimum Gasteiger partial charge on any atom is -0.326 e. The molecule has 2 N–H and O–H groups in total. The van der Waals surface area contributed by atoms with Crippen LogP contribution in [0.2, 0.25) is 0 Å². The fourth-order valence-corrected chi connectivity index (χ4v) is 2.58. The maximum atomic E-state index is 11.9. The Morgan fingerprint density at radius 3 is 3.00 bits per heavy atom. The highest BCUT2D eigenvalue weighted by atomic mass is 79.9. The summed E-state index contributed by atoms with van der Waals surface area (Å²) in [5.41, 5.74) is 2.02. The molecular weight excluding hydrogens is 292 g/mol. The van der Waals surface area contributed by atoms with Crippen LogP contribution in [0.1, 0.15) is 31.2 Å². The standard InChI is InChI=1S/C14H19BrN2O/c1-10-5-6-12(8-13(10)15)17-14(18)9-11-4-2-3-7-16-11/h5-6,8,11,16H,2-4,7,9H2,1H3,(H,17,18). The van der Waals surface area contributed by atoms with Crippen molar-refractivity contribution >= 4 is 27.5 Å². The summed E-state index contributed by atoms with van der Waals surface area (Å²) in [6.45, 7) is 3.07. The van der Waals surface area contributed by atoms with Crippen LogP contribution in [-0.4, -0.2) is 18.5 Å². The molecule has 0 bridgehead atoms. The van der Waals surface area contributed by atoms with Crippen LogP contribution in [0, 0.1) is 6.92 Å². The molecule has 1 amide bonds. The summed E-state index contributed by atoms with van der Waals surface area (Å²) < 4.78 is 1.02. The quantitative estimate of drug-likeness (QED) is 0.900. The number of anilines is 1. The van der Waals surface area contributed by atoms with Crippen LogP contribution >= 0.6 is 15.9 Å². The Balaban J connectivity index is 1.88. The molecule has 1 aromatic rings. The van der Waals surface area contributed by atoms with E-state index >= 15 is 0 Å². The molecule has 4 heteroatoms. The molecule has 1 heterocycles. The molecule has 0 radical (unpaired) electrons. The Hall–Kier alpha value is -0.870. The molecule has 1 unspecified atom stereocenters. The first kappa shape index (κ1) is 13.6. The summed E-state index contributed by atoms with van der Waals surface area (Å²) >= 11 is 3.47. The summed E-state index contributed by atoms with van der Waals surface area (Å²) in [5.74, 6) is 0.0881. The average Bonchev–Trinajstić information content (AvgIpc) is 2.35. The molecular formula is C14H19BrN2O. The number of nitrogens with one attached hydrogen (secondary N) is 2. The van der Waals surface area contributed by atoms with E-state index in [4.69, 9.17) is 0 Å². The van der Waals surface area contributed by atoms with Crippen molar-refractivity contribution in [2.45, 2.75) is 38.6 Å². The van der Waals surface area contributed by atoms with Gasteiger partial charge in [0.2, 0.25) is 5.91 Å². The molecule has 1 aromatic carbocycles. The van der Waals surface area contributed by atoms with Crippen molar-refractivity contribution in [2.24, 2.45) is 0 Å². The van der Waals surface area contributed by atoms with Gasteiger partial charge in [-0.3, -0.25) is 4.79 Å². The molecule has 1 atom stereocenters. The number of hydrogen-bond acceptors (Lipinski definition) is 2. The highest BCUT2D eigenvalue weighted by molar-refractivity contribution is 9.10. The second-order valence-corrected chi connectivity index (χ2v) is 5.72. The van der Waals surface area contributed by atoms with Crippen LogP contribution in [0.3, 0.4) is 0 Å². The van der Waals surface area contributed by atoms with E-state index in [0.717, 1.165) is 23.1 Å². The lowest BCUT2D eigenvalue weighted by atomic mass is 10.0. The van der Waals surface area contributed by atoms with E-state index in [9.17, 15) is 4.79 Å². The number of benzene rings is 1. The summed E-state index contributed by atoms with van der Waals surface area (Å²) in [4.78, 5) is 11.9. The molecule has 2 rings (SSSR count). The molecule has 0 aromatic heterocycles. The van der Waals surface area contributed by atoms with E-state index in [1.165, 1.54) is 18.4 Å². The average molecular weight is 311 g/mol. The summed E-state index contributed by atoms with van der Waals surface area (Å²) in [7, 11) is 0. The maximum Gasteiger partial charge on any atom is 0.225 e. The molecule has 18 heavy (non-hydrogen) atoms. The van der Waals surface area contributed by atoms with Crippen molar-refractivity contribution in [1.29, 1.82) is 0 Å². The van der Waals surface area contributed by atoms with Gasteiger partial charge in [0.15, 0.2) is 0 Å². The molecule has 0 spiro atoms. The highest BCUT2D eigenvalue weighted by Crippen LogP contribution is 2.21. The van der Waals surface area contributed by atoms with Crippen molar-refractivity contribution in [2.75, 3.05) is 11.9 Å². The molecule has 3 nitrogen and oxygen atoms in total. The van der Waals surface area contributed by atoms with E-state index in [1.807, 2.05) is 25.1 Å². The van der Waals surface area contributed by atoms with Crippen LogP contribution < -0.4 is 10.6 Å². The van der Waals surface area contributed by atoms with Gasteiger partial charge >= 0.3 is 0 Å². The molecule has 1 fully saturated rings. The second-order valence-electron chi connectivity index (χ2n) is 4.86. The zero-order valence-corrected chi connectivity index (χ0v) is 12.2. The van der Waals surface area contributed by atoms with Crippen molar-refractivity contribution in [3.8, 4) is 0 Å². The number of rotatable bonds is 3. The number of carbonyl (C=O) groups is 1. The molecule has 98 valence electrons. The lowest BCUT2D eigenvalue weighted by Crippen LogP contribution is -2.36. The SMILES string of the molecule is Cc1ccc(NC(=O)CC2CCCCN2)cc1Br.